The second-order valence-electron chi connectivity index (χ2n) is 7.05. The monoisotopic (exact) mass is 349 g/mol. The molecule has 130 valence electrons. The van der Waals surface area contributed by atoms with Crippen LogP contribution in [0.15, 0.2) is 30.5 Å². The van der Waals surface area contributed by atoms with Gasteiger partial charge in [0.25, 0.3) is 0 Å². The van der Waals surface area contributed by atoms with E-state index < -0.39 is 10.0 Å². The Morgan fingerprint density at radius 1 is 1.08 bits per heavy atom. The van der Waals surface area contributed by atoms with Gasteiger partial charge in [-0.25, -0.2) is 8.42 Å². The van der Waals surface area contributed by atoms with Gasteiger partial charge in [-0.15, -0.1) is 0 Å². The highest BCUT2D eigenvalue weighted by molar-refractivity contribution is 7.92. The van der Waals surface area contributed by atoms with Crippen LogP contribution in [0.25, 0.3) is 5.57 Å². The number of sulfonamides is 1. The van der Waals surface area contributed by atoms with Crippen molar-refractivity contribution in [3.63, 3.8) is 0 Å². The fourth-order valence-electron chi connectivity index (χ4n) is 3.53. The molecule has 1 aliphatic heterocycles. The number of hydrogen-bond acceptors (Lipinski definition) is 4. The lowest BCUT2D eigenvalue weighted by molar-refractivity contribution is -0.126. The molecule has 6 heteroatoms. The van der Waals surface area contributed by atoms with Gasteiger partial charge in [0, 0.05) is 5.69 Å². The van der Waals surface area contributed by atoms with Crippen molar-refractivity contribution < 1.29 is 17.9 Å². The molecule has 1 aromatic carbocycles. The first-order valence-corrected chi connectivity index (χ1v) is 10.1. The highest BCUT2D eigenvalue weighted by Crippen LogP contribution is 2.41. The zero-order valence-corrected chi connectivity index (χ0v) is 15.0. The van der Waals surface area contributed by atoms with Gasteiger partial charge in [-0.2, -0.15) is 0 Å². The van der Waals surface area contributed by atoms with Crippen LogP contribution in [0.3, 0.4) is 0 Å². The number of ketones is 1. The number of benzene rings is 1. The molecule has 0 amide bonds. The van der Waals surface area contributed by atoms with Crippen molar-refractivity contribution in [2.24, 2.45) is 17.8 Å². The molecule has 0 bridgehead atoms. The Morgan fingerprint density at radius 3 is 2.33 bits per heavy atom. The minimum Gasteiger partial charge on any atom is -0.496 e. The van der Waals surface area contributed by atoms with Crippen LogP contribution in [0.2, 0.25) is 0 Å². The minimum absolute atomic E-state index is 0.0152. The number of Topliss-reactive ketones (excluding diaryl/α,β-unsaturated/α-hetero) is 1. The number of anilines is 1. The summed E-state index contributed by atoms with van der Waals surface area (Å²) in [6, 6.07) is 6.80. The van der Waals surface area contributed by atoms with Gasteiger partial charge < -0.3 is 4.74 Å². The summed E-state index contributed by atoms with van der Waals surface area (Å²) in [6.07, 6.45) is 4.44. The van der Waals surface area contributed by atoms with Crippen LogP contribution in [-0.4, -0.2) is 26.6 Å². The summed E-state index contributed by atoms with van der Waals surface area (Å²) >= 11 is 0. The molecule has 2 aliphatic rings. The van der Waals surface area contributed by atoms with Gasteiger partial charge in [0.15, 0.2) is 5.78 Å². The van der Waals surface area contributed by atoms with Crippen molar-refractivity contribution in [1.29, 1.82) is 0 Å². The molecule has 1 heterocycles. The zero-order chi connectivity index (χ0) is 17.5. The summed E-state index contributed by atoms with van der Waals surface area (Å²) in [5.74, 6) is 1.13. The number of carbonyl (C=O) groups excluding carboxylic acids is 1. The highest BCUT2D eigenvalue weighted by Gasteiger charge is 2.41. The summed E-state index contributed by atoms with van der Waals surface area (Å²) < 4.78 is 30.8. The summed E-state index contributed by atoms with van der Waals surface area (Å²) in [6.45, 7) is 4.40. The van der Waals surface area contributed by atoms with Crippen LogP contribution in [0, 0.1) is 17.8 Å². The van der Waals surface area contributed by atoms with Gasteiger partial charge in [0.1, 0.15) is 6.10 Å². The molecule has 0 aromatic heterocycles. The van der Waals surface area contributed by atoms with Gasteiger partial charge in [-0.05, 0) is 42.4 Å². The largest absolute Gasteiger partial charge is 0.496 e. The molecule has 3 rings (SSSR count). The van der Waals surface area contributed by atoms with Crippen LogP contribution in [-0.2, 0) is 19.6 Å². The van der Waals surface area contributed by atoms with Gasteiger partial charge in [0.05, 0.1) is 24.0 Å². The van der Waals surface area contributed by atoms with E-state index in [2.05, 4.69) is 18.6 Å². The first-order chi connectivity index (χ1) is 11.2. The van der Waals surface area contributed by atoms with Crippen molar-refractivity contribution in [3.05, 3.63) is 36.1 Å². The third kappa shape index (κ3) is 3.48. The van der Waals surface area contributed by atoms with Crippen molar-refractivity contribution in [2.75, 3.05) is 11.0 Å². The number of rotatable bonds is 3. The van der Waals surface area contributed by atoms with Crippen LogP contribution in [0.5, 0.6) is 0 Å². The SMILES string of the molecule is CC1CC2OC=C(c3ccc(NS(C)(=O)=O)cc3)C(=O)C2CC1C. The van der Waals surface area contributed by atoms with E-state index in [0.29, 0.717) is 23.1 Å². The third-order valence-electron chi connectivity index (χ3n) is 5.11. The topological polar surface area (TPSA) is 72.5 Å². The molecule has 1 N–H and O–H groups in total. The van der Waals surface area contributed by atoms with Crippen molar-refractivity contribution >= 4 is 27.1 Å². The third-order valence-corrected chi connectivity index (χ3v) is 5.72. The highest BCUT2D eigenvalue weighted by atomic mass is 32.2. The van der Waals surface area contributed by atoms with Crippen LogP contribution >= 0.6 is 0 Å². The predicted molar refractivity (Wildman–Crippen MR) is 93.8 cm³/mol. The average molecular weight is 349 g/mol. The lowest BCUT2D eigenvalue weighted by Gasteiger charge is -2.40. The number of nitrogens with one attached hydrogen (secondary N) is 1. The Kier molecular flexibility index (Phi) is 4.42. The van der Waals surface area contributed by atoms with E-state index in [9.17, 15) is 13.2 Å². The molecule has 0 radical (unpaired) electrons. The van der Waals surface area contributed by atoms with Gasteiger partial charge in [-0.3, -0.25) is 9.52 Å². The van der Waals surface area contributed by atoms with E-state index in [4.69, 9.17) is 4.74 Å². The predicted octanol–water partition coefficient (Wildman–Crippen LogP) is 3.05. The number of hydrogen-bond donors (Lipinski definition) is 1. The van der Waals surface area contributed by atoms with Crippen LogP contribution in [0.1, 0.15) is 32.3 Å². The molecule has 1 aromatic rings. The van der Waals surface area contributed by atoms with Crippen LogP contribution in [0.4, 0.5) is 5.69 Å². The quantitative estimate of drug-likeness (QED) is 0.910. The van der Waals surface area contributed by atoms with E-state index in [1.165, 1.54) is 0 Å². The standard InChI is InChI=1S/C18H23NO4S/c1-11-8-15-17(9-12(11)2)23-10-16(18(15)20)13-4-6-14(7-5-13)19-24(3,21)22/h4-7,10-12,15,17,19H,8-9H2,1-3H3. The number of carbonyl (C=O) groups is 1. The summed E-state index contributed by atoms with van der Waals surface area (Å²) in [5.41, 5.74) is 1.80. The second-order valence-corrected chi connectivity index (χ2v) is 8.80. The summed E-state index contributed by atoms with van der Waals surface area (Å²) in [7, 11) is -3.31. The molecular formula is C18H23NO4S. The van der Waals surface area contributed by atoms with E-state index >= 15 is 0 Å². The van der Waals surface area contributed by atoms with Crippen LogP contribution < -0.4 is 4.72 Å². The van der Waals surface area contributed by atoms with E-state index in [1.54, 1.807) is 30.5 Å². The first kappa shape index (κ1) is 17.0. The number of allylic oxidation sites excluding steroid dienone is 1. The maximum atomic E-state index is 12.9. The second kappa shape index (κ2) is 6.24. The molecule has 0 spiro atoms. The average Bonchev–Trinajstić information content (AvgIpc) is 2.49. The van der Waals surface area contributed by atoms with Gasteiger partial charge in [0.2, 0.25) is 10.0 Å². The smallest absolute Gasteiger partial charge is 0.229 e. The van der Waals surface area contributed by atoms with E-state index in [0.717, 1.165) is 24.7 Å². The van der Waals surface area contributed by atoms with Gasteiger partial charge in [-0.1, -0.05) is 26.0 Å². The Labute approximate surface area is 143 Å². The fourth-order valence-corrected chi connectivity index (χ4v) is 4.09. The summed E-state index contributed by atoms with van der Waals surface area (Å²) in [4.78, 5) is 12.9. The molecule has 24 heavy (non-hydrogen) atoms. The van der Waals surface area contributed by atoms with Gasteiger partial charge >= 0.3 is 0 Å². The van der Waals surface area contributed by atoms with E-state index in [1.807, 2.05) is 0 Å². The lowest BCUT2D eigenvalue weighted by atomic mass is 9.70. The molecule has 4 unspecified atom stereocenters. The summed E-state index contributed by atoms with van der Waals surface area (Å²) in [5, 5.41) is 0. The maximum Gasteiger partial charge on any atom is 0.229 e. The minimum atomic E-state index is -3.31. The fraction of sp³-hybridized carbons (Fsp3) is 0.500. The molecule has 0 saturated heterocycles. The van der Waals surface area contributed by atoms with E-state index in [-0.39, 0.29) is 17.8 Å². The lowest BCUT2D eigenvalue weighted by Crippen LogP contribution is -2.41. The zero-order valence-electron chi connectivity index (χ0n) is 14.2. The Hall–Kier alpha value is -1.82. The molecule has 1 saturated carbocycles. The normalized spacial score (nSPS) is 30.1. The maximum absolute atomic E-state index is 12.9. The van der Waals surface area contributed by atoms with Crippen molar-refractivity contribution in [1.82, 2.24) is 0 Å². The van der Waals surface area contributed by atoms with Crippen molar-refractivity contribution in [2.45, 2.75) is 32.8 Å². The Morgan fingerprint density at radius 2 is 1.71 bits per heavy atom. The Bertz CT molecular complexity index is 767. The molecule has 5 nitrogen and oxygen atoms in total. The molecule has 1 fully saturated rings. The molecule has 1 aliphatic carbocycles. The Balaban J connectivity index is 1.81. The number of fused-ring (bicyclic) bond motifs is 1. The molecule has 4 atom stereocenters. The number of ether oxygens (including phenoxy) is 1. The van der Waals surface area contributed by atoms with Crippen molar-refractivity contribution in [3.8, 4) is 0 Å². The first-order valence-electron chi connectivity index (χ1n) is 8.22. The molecular weight excluding hydrogens is 326 g/mol.